The van der Waals surface area contributed by atoms with E-state index in [-0.39, 0.29) is 23.4 Å². The molecule has 0 aliphatic heterocycles. The highest BCUT2D eigenvalue weighted by Crippen LogP contribution is 2.19. The van der Waals surface area contributed by atoms with Crippen LogP contribution in [0.2, 0.25) is 0 Å². The second-order valence-corrected chi connectivity index (χ2v) is 4.39. The van der Waals surface area contributed by atoms with Crippen LogP contribution in [0.3, 0.4) is 0 Å². The number of rotatable bonds is 7. The summed E-state index contributed by atoms with van der Waals surface area (Å²) in [6.45, 7) is -0.871. The fourth-order valence-electron chi connectivity index (χ4n) is 1.67. The lowest BCUT2D eigenvalue weighted by atomic mass is 10.1. The Morgan fingerprint density at radius 1 is 0.958 bits per heavy atom. The van der Waals surface area contributed by atoms with Crippen LogP contribution in [0, 0.1) is 0 Å². The zero-order valence-corrected chi connectivity index (χ0v) is 13.4. The van der Waals surface area contributed by atoms with Crippen molar-refractivity contribution in [3.8, 4) is 0 Å². The molecule has 1 aromatic carbocycles. The van der Waals surface area contributed by atoms with Crippen molar-refractivity contribution in [3.05, 3.63) is 29.3 Å². The summed E-state index contributed by atoms with van der Waals surface area (Å²) in [5, 5.41) is 2.38. The average molecular weight is 339 g/mol. The summed E-state index contributed by atoms with van der Waals surface area (Å²) in [4.78, 5) is 46.3. The van der Waals surface area contributed by atoms with E-state index in [0.29, 0.717) is 0 Å². The molecule has 0 saturated carbocycles. The molecule has 0 unspecified atom stereocenters. The van der Waals surface area contributed by atoms with Gasteiger partial charge in [0.15, 0.2) is 6.61 Å². The zero-order valence-electron chi connectivity index (χ0n) is 13.4. The Bertz CT molecular complexity index is 640. The van der Waals surface area contributed by atoms with Crippen molar-refractivity contribution >= 4 is 29.5 Å². The van der Waals surface area contributed by atoms with Crippen LogP contribution >= 0.6 is 0 Å². The van der Waals surface area contributed by atoms with E-state index in [9.17, 15) is 19.2 Å². The van der Waals surface area contributed by atoms with E-state index < -0.39 is 30.4 Å². The van der Waals surface area contributed by atoms with Crippen molar-refractivity contribution in [1.29, 1.82) is 0 Å². The SMILES string of the molecule is COCC(=O)OCC(=O)Nc1cc(C(=O)OC)ccc1C(=O)OC. The van der Waals surface area contributed by atoms with Crippen LogP contribution in [0.1, 0.15) is 20.7 Å². The lowest BCUT2D eigenvalue weighted by Gasteiger charge is -2.11. The minimum Gasteiger partial charge on any atom is -0.465 e. The van der Waals surface area contributed by atoms with Gasteiger partial charge in [-0.3, -0.25) is 4.79 Å². The fraction of sp³-hybridized carbons (Fsp3) is 0.333. The highest BCUT2D eigenvalue weighted by molar-refractivity contribution is 6.03. The van der Waals surface area contributed by atoms with E-state index >= 15 is 0 Å². The molecule has 0 bridgehead atoms. The predicted molar refractivity (Wildman–Crippen MR) is 80.6 cm³/mol. The molecule has 0 fully saturated rings. The Hall–Kier alpha value is -2.94. The summed E-state index contributed by atoms with van der Waals surface area (Å²) in [6, 6.07) is 3.92. The maximum absolute atomic E-state index is 11.8. The lowest BCUT2D eigenvalue weighted by Crippen LogP contribution is -2.24. The van der Waals surface area contributed by atoms with E-state index in [0.717, 1.165) is 0 Å². The van der Waals surface area contributed by atoms with E-state index in [2.05, 4.69) is 24.3 Å². The van der Waals surface area contributed by atoms with Crippen molar-refractivity contribution in [2.75, 3.05) is 39.9 Å². The molecular weight excluding hydrogens is 322 g/mol. The standard InChI is InChI=1S/C15H17NO8/c1-21-8-13(18)24-7-12(17)16-11-6-9(14(19)22-2)4-5-10(11)15(20)23-3/h4-6H,7-8H2,1-3H3,(H,16,17). The van der Waals surface area contributed by atoms with Crippen molar-refractivity contribution in [3.63, 3.8) is 0 Å². The normalized spacial score (nSPS) is 9.79. The summed E-state index contributed by atoms with van der Waals surface area (Å²) in [5.41, 5.74) is 0.177. The number of methoxy groups -OCH3 is 3. The third-order valence-corrected chi connectivity index (χ3v) is 2.75. The Balaban J connectivity index is 2.93. The molecule has 0 radical (unpaired) electrons. The van der Waals surface area contributed by atoms with Gasteiger partial charge in [-0.2, -0.15) is 0 Å². The molecule has 1 N–H and O–H groups in total. The number of ether oxygens (including phenoxy) is 4. The van der Waals surface area contributed by atoms with E-state index in [1.54, 1.807) is 0 Å². The Labute approximate surface area is 137 Å². The number of hydrogen-bond donors (Lipinski definition) is 1. The van der Waals surface area contributed by atoms with Crippen LogP contribution in [0.5, 0.6) is 0 Å². The second kappa shape index (κ2) is 9.26. The van der Waals surface area contributed by atoms with E-state index in [1.807, 2.05) is 0 Å². The molecule has 1 aromatic rings. The number of carbonyl (C=O) groups is 4. The highest BCUT2D eigenvalue weighted by atomic mass is 16.6. The zero-order chi connectivity index (χ0) is 18.1. The lowest BCUT2D eigenvalue weighted by molar-refractivity contribution is -0.150. The predicted octanol–water partition coefficient (Wildman–Crippen LogP) is 0.388. The van der Waals surface area contributed by atoms with Gasteiger partial charge in [0.2, 0.25) is 0 Å². The number of esters is 3. The van der Waals surface area contributed by atoms with Gasteiger partial charge in [-0.1, -0.05) is 0 Å². The van der Waals surface area contributed by atoms with Crippen LogP contribution in [0.15, 0.2) is 18.2 Å². The van der Waals surface area contributed by atoms with Crippen LogP contribution < -0.4 is 5.32 Å². The summed E-state index contributed by atoms with van der Waals surface area (Å²) in [7, 11) is 3.68. The molecule has 0 aliphatic carbocycles. The first-order valence-electron chi connectivity index (χ1n) is 6.68. The van der Waals surface area contributed by atoms with Crippen LogP contribution in [0.4, 0.5) is 5.69 Å². The quantitative estimate of drug-likeness (QED) is 0.560. The maximum atomic E-state index is 11.8. The van der Waals surface area contributed by atoms with Gasteiger partial charge in [-0.15, -0.1) is 0 Å². The molecule has 0 atom stereocenters. The average Bonchev–Trinajstić information content (AvgIpc) is 2.58. The third-order valence-electron chi connectivity index (χ3n) is 2.75. The number of benzene rings is 1. The second-order valence-electron chi connectivity index (χ2n) is 4.39. The Kier molecular flexibility index (Phi) is 7.37. The van der Waals surface area contributed by atoms with Gasteiger partial charge in [0.1, 0.15) is 6.61 Å². The molecule has 0 aromatic heterocycles. The molecule has 0 saturated heterocycles. The van der Waals surface area contributed by atoms with Crippen LogP contribution in [-0.4, -0.2) is 58.4 Å². The molecular formula is C15H17NO8. The van der Waals surface area contributed by atoms with Gasteiger partial charge < -0.3 is 24.3 Å². The first kappa shape index (κ1) is 19.1. The number of amides is 1. The third kappa shape index (κ3) is 5.36. The van der Waals surface area contributed by atoms with Crippen molar-refractivity contribution in [2.24, 2.45) is 0 Å². The van der Waals surface area contributed by atoms with Crippen molar-refractivity contribution < 1.29 is 38.1 Å². The molecule has 24 heavy (non-hydrogen) atoms. The highest BCUT2D eigenvalue weighted by Gasteiger charge is 2.18. The number of anilines is 1. The topological polar surface area (TPSA) is 117 Å². The first-order valence-corrected chi connectivity index (χ1v) is 6.68. The van der Waals surface area contributed by atoms with Crippen LogP contribution in [-0.2, 0) is 28.5 Å². The smallest absolute Gasteiger partial charge is 0.339 e. The minimum atomic E-state index is -0.718. The first-order chi connectivity index (χ1) is 11.4. The summed E-state index contributed by atoms with van der Waals surface area (Å²) >= 11 is 0. The van der Waals surface area contributed by atoms with Gasteiger partial charge in [0, 0.05) is 7.11 Å². The molecule has 9 heteroatoms. The fourth-order valence-corrected chi connectivity index (χ4v) is 1.67. The Morgan fingerprint density at radius 3 is 2.21 bits per heavy atom. The monoisotopic (exact) mass is 339 g/mol. The summed E-state index contributed by atoms with van der Waals surface area (Å²) in [5.74, 6) is -2.78. The van der Waals surface area contributed by atoms with Gasteiger partial charge in [0.05, 0.1) is 31.0 Å². The van der Waals surface area contributed by atoms with Crippen molar-refractivity contribution in [2.45, 2.75) is 0 Å². The molecule has 0 aliphatic rings. The number of hydrogen-bond acceptors (Lipinski definition) is 8. The van der Waals surface area contributed by atoms with Gasteiger partial charge >= 0.3 is 17.9 Å². The summed E-state index contributed by atoms with van der Waals surface area (Å²) in [6.07, 6.45) is 0. The van der Waals surface area contributed by atoms with Gasteiger partial charge in [-0.05, 0) is 18.2 Å². The maximum Gasteiger partial charge on any atom is 0.339 e. The summed E-state index contributed by atoms with van der Waals surface area (Å²) < 4.78 is 18.4. The van der Waals surface area contributed by atoms with Crippen molar-refractivity contribution in [1.82, 2.24) is 0 Å². The molecule has 9 nitrogen and oxygen atoms in total. The number of carbonyl (C=O) groups excluding carboxylic acids is 4. The molecule has 0 heterocycles. The van der Waals surface area contributed by atoms with Gasteiger partial charge in [-0.25, -0.2) is 14.4 Å². The van der Waals surface area contributed by atoms with E-state index in [1.165, 1.54) is 39.5 Å². The molecule has 0 spiro atoms. The molecule has 1 amide bonds. The van der Waals surface area contributed by atoms with E-state index in [4.69, 9.17) is 0 Å². The Morgan fingerprint density at radius 2 is 1.62 bits per heavy atom. The largest absolute Gasteiger partial charge is 0.465 e. The minimum absolute atomic E-state index is 0.0255. The molecule has 130 valence electrons. The number of nitrogens with one attached hydrogen (secondary N) is 1. The van der Waals surface area contributed by atoms with Crippen LogP contribution in [0.25, 0.3) is 0 Å². The van der Waals surface area contributed by atoms with Gasteiger partial charge in [0.25, 0.3) is 5.91 Å². The molecule has 1 rings (SSSR count).